The first kappa shape index (κ1) is 18.6. The SMILES string of the molecule is CC(=O)c1cccc(NC(=O)[C@H](C)Sc2nnnn2-c2ccc(O)cc2)c1. The molecule has 9 heteroatoms. The molecule has 1 amide bonds. The van der Waals surface area contributed by atoms with Gasteiger partial charge in [-0.3, -0.25) is 9.59 Å². The fourth-order valence-corrected chi connectivity index (χ4v) is 3.09. The Bertz CT molecular complexity index is 971. The summed E-state index contributed by atoms with van der Waals surface area (Å²) in [5, 5.41) is 23.7. The van der Waals surface area contributed by atoms with Crippen LogP contribution in [0.5, 0.6) is 5.75 Å². The molecule has 0 saturated heterocycles. The molecule has 138 valence electrons. The van der Waals surface area contributed by atoms with Gasteiger partial charge in [0.1, 0.15) is 5.75 Å². The van der Waals surface area contributed by atoms with Gasteiger partial charge in [0.25, 0.3) is 0 Å². The summed E-state index contributed by atoms with van der Waals surface area (Å²) in [7, 11) is 0. The third kappa shape index (κ3) is 4.50. The van der Waals surface area contributed by atoms with E-state index in [4.69, 9.17) is 0 Å². The van der Waals surface area contributed by atoms with Gasteiger partial charge >= 0.3 is 0 Å². The highest BCUT2D eigenvalue weighted by atomic mass is 32.2. The van der Waals surface area contributed by atoms with E-state index in [1.807, 2.05) is 0 Å². The standard InChI is InChI=1S/C18H17N5O3S/c1-11(24)13-4-3-5-14(10-13)19-17(26)12(2)27-18-20-21-22-23(18)15-6-8-16(25)9-7-15/h3-10,12,25H,1-2H3,(H,19,26)/t12-/m0/s1. The zero-order valence-corrected chi connectivity index (χ0v) is 15.5. The summed E-state index contributed by atoms with van der Waals surface area (Å²) in [5.74, 6) is -0.163. The lowest BCUT2D eigenvalue weighted by Crippen LogP contribution is -2.23. The number of tetrazole rings is 1. The number of aromatic hydroxyl groups is 1. The average molecular weight is 383 g/mol. The normalized spacial score (nSPS) is 11.8. The molecule has 0 unspecified atom stereocenters. The summed E-state index contributed by atoms with van der Waals surface area (Å²) in [6.45, 7) is 3.22. The Kier molecular flexibility index (Phi) is 5.51. The number of ketones is 1. The van der Waals surface area contributed by atoms with Crippen LogP contribution in [0.4, 0.5) is 5.69 Å². The first-order valence-corrected chi connectivity index (χ1v) is 8.98. The Morgan fingerprint density at radius 2 is 1.93 bits per heavy atom. The van der Waals surface area contributed by atoms with Gasteiger partial charge < -0.3 is 10.4 Å². The number of amides is 1. The Labute approximate surface area is 159 Å². The van der Waals surface area contributed by atoms with Crippen molar-refractivity contribution in [3.63, 3.8) is 0 Å². The van der Waals surface area contributed by atoms with Crippen molar-refractivity contribution in [1.82, 2.24) is 20.2 Å². The van der Waals surface area contributed by atoms with Gasteiger partial charge in [-0.1, -0.05) is 23.9 Å². The van der Waals surface area contributed by atoms with Gasteiger partial charge in [0.15, 0.2) is 5.78 Å². The minimum atomic E-state index is -0.479. The molecule has 0 bridgehead atoms. The minimum absolute atomic E-state index is 0.0680. The highest BCUT2D eigenvalue weighted by Crippen LogP contribution is 2.24. The Balaban J connectivity index is 1.71. The van der Waals surface area contributed by atoms with Crippen molar-refractivity contribution in [3.8, 4) is 11.4 Å². The average Bonchev–Trinajstić information content (AvgIpc) is 3.10. The number of benzene rings is 2. The predicted octanol–water partition coefficient (Wildman–Crippen LogP) is 2.69. The lowest BCUT2D eigenvalue weighted by Gasteiger charge is -2.12. The Morgan fingerprint density at radius 3 is 2.63 bits per heavy atom. The van der Waals surface area contributed by atoms with Gasteiger partial charge in [0, 0.05) is 11.3 Å². The molecule has 0 spiro atoms. The van der Waals surface area contributed by atoms with Crippen LogP contribution in [-0.2, 0) is 4.79 Å². The second-order valence-electron chi connectivity index (χ2n) is 5.78. The van der Waals surface area contributed by atoms with E-state index < -0.39 is 5.25 Å². The lowest BCUT2D eigenvalue weighted by molar-refractivity contribution is -0.115. The number of phenolic OH excluding ortho intramolecular Hbond substituents is 1. The van der Waals surface area contributed by atoms with E-state index in [-0.39, 0.29) is 17.4 Å². The quantitative estimate of drug-likeness (QED) is 0.497. The third-order valence-corrected chi connectivity index (χ3v) is 4.76. The van der Waals surface area contributed by atoms with Gasteiger partial charge in [-0.25, -0.2) is 0 Å². The largest absolute Gasteiger partial charge is 0.508 e. The molecule has 0 aliphatic heterocycles. The fourth-order valence-electron chi connectivity index (χ4n) is 2.28. The van der Waals surface area contributed by atoms with Gasteiger partial charge in [0.2, 0.25) is 11.1 Å². The van der Waals surface area contributed by atoms with E-state index in [1.165, 1.54) is 35.5 Å². The zero-order valence-electron chi connectivity index (χ0n) is 14.7. The van der Waals surface area contributed by atoms with Crippen LogP contribution >= 0.6 is 11.8 Å². The number of hydrogen-bond acceptors (Lipinski definition) is 7. The molecule has 2 N–H and O–H groups in total. The highest BCUT2D eigenvalue weighted by Gasteiger charge is 2.19. The molecule has 3 aromatic rings. The van der Waals surface area contributed by atoms with Gasteiger partial charge in [-0.2, -0.15) is 4.68 Å². The van der Waals surface area contributed by atoms with Crippen LogP contribution in [0.1, 0.15) is 24.2 Å². The van der Waals surface area contributed by atoms with Crippen molar-refractivity contribution in [3.05, 3.63) is 54.1 Å². The van der Waals surface area contributed by atoms with Crippen molar-refractivity contribution >= 4 is 29.1 Å². The van der Waals surface area contributed by atoms with Crippen molar-refractivity contribution in [2.45, 2.75) is 24.3 Å². The van der Waals surface area contributed by atoms with E-state index >= 15 is 0 Å². The first-order chi connectivity index (χ1) is 12.9. The summed E-state index contributed by atoms with van der Waals surface area (Å²) in [6.07, 6.45) is 0. The van der Waals surface area contributed by atoms with Crippen LogP contribution in [0.25, 0.3) is 5.69 Å². The molecule has 0 aliphatic carbocycles. The van der Waals surface area contributed by atoms with E-state index in [2.05, 4.69) is 20.8 Å². The number of hydrogen-bond donors (Lipinski definition) is 2. The third-order valence-electron chi connectivity index (χ3n) is 3.72. The van der Waals surface area contributed by atoms with Crippen molar-refractivity contribution in [2.24, 2.45) is 0 Å². The second kappa shape index (κ2) is 8.00. The summed E-state index contributed by atoms with van der Waals surface area (Å²) < 4.78 is 1.49. The van der Waals surface area contributed by atoms with Gasteiger partial charge in [-0.15, -0.1) is 5.10 Å². The summed E-state index contributed by atoms with van der Waals surface area (Å²) in [5.41, 5.74) is 1.75. The number of phenols is 1. The molecule has 0 fully saturated rings. The number of nitrogens with zero attached hydrogens (tertiary/aromatic N) is 4. The number of rotatable bonds is 6. The number of Topliss-reactive ketones (excluding diaryl/α,β-unsaturated/α-hetero) is 1. The van der Waals surface area contributed by atoms with Crippen LogP contribution in [0, 0.1) is 0 Å². The smallest absolute Gasteiger partial charge is 0.237 e. The summed E-state index contributed by atoms with van der Waals surface area (Å²) >= 11 is 1.20. The zero-order chi connectivity index (χ0) is 19.4. The summed E-state index contributed by atoms with van der Waals surface area (Å²) in [4.78, 5) is 23.9. The molecule has 1 heterocycles. The maximum absolute atomic E-state index is 12.5. The number of anilines is 1. The van der Waals surface area contributed by atoms with Gasteiger partial charge in [-0.05, 0) is 60.7 Å². The maximum Gasteiger partial charge on any atom is 0.237 e. The minimum Gasteiger partial charge on any atom is -0.508 e. The van der Waals surface area contributed by atoms with Crippen LogP contribution in [0.3, 0.4) is 0 Å². The van der Waals surface area contributed by atoms with E-state index in [0.29, 0.717) is 22.1 Å². The molecule has 0 radical (unpaired) electrons. The molecule has 0 aliphatic rings. The number of carbonyl (C=O) groups excluding carboxylic acids is 2. The van der Waals surface area contributed by atoms with Gasteiger partial charge in [0.05, 0.1) is 10.9 Å². The molecule has 3 rings (SSSR count). The lowest BCUT2D eigenvalue weighted by atomic mass is 10.1. The predicted molar refractivity (Wildman–Crippen MR) is 101 cm³/mol. The Morgan fingerprint density at radius 1 is 1.19 bits per heavy atom. The molecule has 1 aromatic heterocycles. The second-order valence-corrected chi connectivity index (χ2v) is 7.08. The van der Waals surface area contributed by atoms with Crippen LogP contribution < -0.4 is 5.32 Å². The highest BCUT2D eigenvalue weighted by molar-refractivity contribution is 8.00. The molecule has 2 aromatic carbocycles. The maximum atomic E-state index is 12.5. The number of thioether (sulfide) groups is 1. The molecule has 27 heavy (non-hydrogen) atoms. The molecular formula is C18H17N5O3S. The van der Waals surface area contributed by atoms with Crippen molar-refractivity contribution in [2.75, 3.05) is 5.32 Å². The number of aromatic nitrogens is 4. The topological polar surface area (TPSA) is 110 Å². The van der Waals surface area contributed by atoms with E-state index in [0.717, 1.165) is 0 Å². The number of carbonyl (C=O) groups is 2. The number of nitrogens with one attached hydrogen (secondary N) is 1. The van der Waals surface area contributed by atoms with Crippen LogP contribution in [-0.4, -0.2) is 42.3 Å². The summed E-state index contributed by atoms with van der Waals surface area (Å²) in [6, 6.07) is 13.2. The van der Waals surface area contributed by atoms with E-state index in [9.17, 15) is 14.7 Å². The first-order valence-electron chi connectivity index (χ1n) is 8.10. The van der Waals surface area contributed by atoms with Crippen LogP contribution in [0.15, 0.2) is 53.7 Å². The monoisotopic (exact) mass is 383 g/mol. The van der Waals surface area contributed by atoms with Crippen molar-refractivity contribution < 1.29 is 14.7 Å². The Hall–Kier alpha value is -3.20. The fraction of sp³-hybridized carbons (Fsp3) is 0.167. The van der Waals surface area contributed by atoms with Crippen LogP contribution in [0.2, 0.25) is 0 Å². The molecule has 8 nitrogen and oxygen atoms in total. The molecule has 0 saturated carbocycles. The molecule has 1 atom stereocenters. The van der Waals surface area contributed by atoms with Crippen molar-refractivity contribution in [1.29, 1.82) is 0 Å². The molecular weight excluding hydrogens is 366 g/mol. The van der Waals surface area contributed by atoms with E-state index in [1.54, 1.807) is 43.3 Å².